The normalized spacial score (nSPS) is 29.5. The molecule has 1 saturated carbocycles. The zero-order chi connectivity index (χ0) is 7.68. The molecule has 1 aliphatic carbocycles. The molecule has 1 fully saturated rings. The van der Waals surface area contributed by atoms with Crippen LogP contribution in [0.25, 0.3) is 0 Å². The van der Waals surface area contributed by atoms with E-state index in [1.165, 1.54) is 0 Å². The van der Waals surface area contributed by atoms with Crippen molar-refractivity contribution < 1.29 is 0 Å². The summed E-state index contributed by atoms with van der Waals surface area (Å²) in [6.07, 6.45) is 6.20. The van der Waals surface area contributed by atoms with Gasteiger partial charge >= 0.3 is 0 Å². The van der Waals surface area contributed by atoms with Crippen molar-refractivity contribution in [2.24, 2.45) is 5.73 Å². The maximum Gasteiger partial charge on any atom is 0.0453 e. The predicted molar refractivity (Wildman–Crippen MR) is 44.8 cm³/mol. The van der Waals surface area contributed by atoms with Crippen molar-refractivity contribution in [1.82, 2.24) is 4.68 Å². The smallest absolute Gasteiger partial charge is 0.0453 e. The van der Waals surface area contributed by atoms with Crippen LogP contribution in [0.4, 0.5) is 0 Å². The standard InChI is InChI=1S/C8H13N3/c9-7-5-8(6-7)10-11-3-1-2-4-11/h1-4,7-8,10H,5-6,9H2. The molecule has 0 unspecified atom stereocenters. The molecule has 0 bridgehead atoms. The molecule has 0 aliphatic heterocycles. The summed E-state index contributed by atoms with van der Waals surface area (Å²) in [6.45, 7) is 0. The molecule has 3 N–H and O–H groups in total. The summed E-state index contributed by atoms with van der Waals surface area (Å²) in [5, 5.41) is 0. The van der Waals surface area contributed by atoms with Crippen LogP contribution in [-0.2, 0) is 0 Å². The first-order valence-corrected chi connectivity index (χ1v) is 4.00. The van der Waals surface area contributed by atoms with Gasteiger partial charge in [0.1, 0.15) is 0 Å². The number of hydrogen-bond acceptors (Lipinski definition) is 2. The van der Waals surface area contributed by atoms with Crippen molar-refractivity contribution in [3.05, 3.63) is 24.5 Å². The maximum absolute atomic E-state index is 5.65. The summed E-state index contributed by atoms with van der Waals surface area (Å²) in [4.78, 5) is 0. The SMILES string of the molecule is NC1CC(Nn2cccc2)C1. The van der Waals surface area contributed by atoms with E-state index >= 15 is 0 Å². The Kier molecular flexibility index (Phi) is 1.58. The molecule has 3 heteroatoms. The second-order valence-corrected chi connectivity index (χ2v) is 3.15. The van der Waals surface area contributed by atoms with Crippen LogP contribution in [0.15, 0.2) is 24.5 Å². The third-order valence-electron chi connectivity index (χ3n) is 2.11. The fourth-order valence-corrected chi connectivity index (χ4v) is 1.40. The lowest BCUT2D eigenvalue weighted by Crippen LogP contribution is -2.46. The van der Waals surface area contributed by atoms with Crippen LogP contribution < -0.4 is 11.2 Å². The lowest BCUT2D eigenvalue weighted by Gasteiger charge is -2.33. The first-order valence-electron chi connectivity index (χ1n) is 4.00. The second-order valence-electron chi connectivity index (χ2n) is 3.15. The maximum atomic E-state index is 5.65. The summed E-state index contributed by atoms with van der Waals surface area (Å²) < 4.78 is 1.98. The molecule has 3 nitrogen and oxygen atoms in total. The van der Waals surface area contributed by atoms with Gasteiger partial charge in [-0.15, -0.1) is 0 Å². The van der Waals surface area contributed by atoms with E-state index in [-0.39, 0.29) is 0 Å². The molecular formula is C8H13N3. The van der Waals surface area contributed by atoms with E-state index in [1.54, 1.807) is 0 Å². The molecule has 2 rings (SSSR count). The lowest BCUT2D eigenvalue weighted by atomic mass is 9.88. The van der Waals surface area contributed by atoms with E-state index in [0.29, 0.717) is 12.1 Å². The Morgan fingerprint density at radius 1 is 1.27 bits per heavy atom. The minimum Gasteiger partial charge on any atom is -0.328 e. The fourth-order valence-electron chi connectivity index (χ4n) is 1.40. The monoisotopic (exact) mass is 151 g/mol. The highest BCUT2D eigenvalue weighted by molar-refractivity contribution is 5.00. The Hall–Kier alpha value is -0.960. The summed E-state index contributed by atoms with van der Waals surface area (Å²) >= 11 is 0. The van der Waals surface area contributed by atoms with Gasteiger partial charge in [-0.25, -0.2) is 0 Å². The van der Waals surface area contributed by atoms with E-state index in [9.17, 15) is 0 Å². The average molecular weight is 151 g/mol. The summed E-state index contributed by atoms with van der Waals surface area (Å²) in [5.74, 6) is 0. The van der Waals surface area contributed by atoms with Crippen LogP contribution in [0.5, 0.6) is 0 Å². The summed E-state index contributed by atoms with van der Waals surface area (Å²) in [6, 6.07) is 5.01. The van der Waals surface area contributed by atoms with Gasteiger partial charge in [0.15, 0.2) is 0 Å². The van der Waals surface area contributed by atoms with Crippen molar-refractivity contribution in [1.29, 1.82) is 0 Å². The lowest BCUT2D eigenvalue weighted by molar-refractivity contribution is 0.352. The summed E-state index contributed by atoms with van der Waals surface area (Å²) in [5.41, 5.74) is 8.97. The Morgan fingerprint density at radius 3 is 2.45 bits per heavy atom. The summed E-state index contributed by atoms with van der Waals surface area (Å²) in [7, 11) is 0. The highest BCUT2D eigenvalue weighted by Crippen LogP contribution is 2.18. The van der Waals surface area contributed by atoms with E-state index in [2.05, 4.69) is 5.43 Å². The first-order chi connectivity index (χ1) is 5.34. The molecule has 0 amide bonds. The molecular weight excluding hydrogens is 138 g/mol. The average Bonchev–Trinajstić information content (AvgIpc) is 2.36. The molecule has 1 aromatic heterocycles. The van der Waals surface area contributed by atoms with Gasteiger partial charge in [0, 0.05) is 24.5 Å². The van der Waals surface area contributed by atoms with E-state index < -0.39 is 0 Å². The number of hydrogen-bond donors (Lipinski definition) is 2. The van der Waals surface area contributed by atoms with Gasteiger partial charge < -0.3 is 11.2 Å². The molecule has 0 spiro atoms. The molecule has 1 aromatic rings. The van der Waals surface area contributed by atoms with Crippen LogP contribution >= 0.6 is 0 Å². The highest BCUT2D eigenvalue weighted by atomic mass is 15.4. The van der Waals surface area contributed by atoms with Gasteiger partial charge in [0.05, 0.1) is 0 Å². The topological polar surface area (TPSA) is 43.0 Å². The molecule has 0 saturated heterocycles. The Morgan fingerprint density at radius 2 is 1.91 bits per heavy atom. The molecule has 60 valence electrons. The predicted octanol–water partition coefficient (Wildman–Crippen LogP) is 0.521. The Balaban J connectivity index is 1.84. The van der Waals surface area contributed by atoms with Crippen LogP contribution in [-0.4, -0.2) is 16.8 Å². The Bertz CT molecular complexity index is 211. The van der Waals surface area contributed by atoms with Crippen LogP contribution in [0.2, 0.25) is 0 Å². The van der Waals surface area contributed by atoms with Crippen molar-refractivity contribution in [2.75, 3.05) is 5.43 Å². The van der Waals surface area contributed by atoms with Gasteiger partial charge in [-0.1, -0.05) is 0 Å². The highest BCUT2D eigenvalue weighted by Gasteiger charge is 2.25. The minimum atomic E-state index is 0.420. The molecule has 0 aromatic carbocycles. The van der Waals surface area contributed by atoms with E-state index in [0.717, 1.165) is 12.8 Å². The molecule has 1 heterocycles. The second kappa shape index (κ2) is 2.58. The fraction of sp³-hybridized carbons (Fsp3) is 0.500. The zero-order valence-electron chi connectivity index (χ0n) is 6.40. The largest absolute Gasteiger partial charge is 0.328 e. The molecule has 11 heavy (non-hydrogen) atoms. The van der Waals surface area contributed by atoms with Gasteiger partial charge in [0.2, 0.25) is 0 Å². The number of nitrogens with two attached hydrogens (primary N) is 1. The van der Waals surface area contributed by atoms with Crippen molar-refractivity contribution in [2.45, 2.75) is 24.9 Å². The van der Waals surface area contributed by atoms with Crippen molar-refractivity contribution in [3.63, 3.8) is 0 Å². The van der Waals surface area contributed by atoms with E-state index in [4.69, 9.17) is 5.73 Å². The van der Waals surface area contributed by atoms with Crippen molar-refractivity contribution in [3.8, 4) is 0 Å². The van der Waals surface area contributed by atoms with Crippen LogP contribution in [0.3, 0.4) is 0 Å². The molecule has 0 atom stereocenters. The third kappa shape index (κ3) is 1.38. The molecule has 1 aliphatic rings. The number of nitrogens with zero attached hydrogens (tertiary/aromatic N) is 1. The van der Waals surface area contributed by atoms with E-state index in [1.807, 2.05) is 29.2 Å². The van der Waals surface area contributed by atoms with Gasteiger partial charge in [-0.2, -0.15) is 0 Å². The quantitative estimate of drug-likeness (QED) is 0.647. The number of aromatic nitrogens is 1. The zero-order valence-corrected chi connectivity index (χ0v) is 6.40. The number of rotatable bonds is 2. The van der Waals surface area contributed by atoms with Crippen LogP contribution in [0, 0.1) is 0 Å². The number of nitrogens with one attached hydrogen (secondary N) is 1. The van der Waals surface area contributed by atoms with Crippen LogP contribution in [0.1, 0.15) is 12.8 Å². The van der Waals surface area contributed by atoms with Gasteiger partial charge in [-0.3, -0.25) is 4.68 Å². The third-order valence-corrected chi connectivity index (χ3v) is 2.11. The van der Waals surface area contributed by atoms with Gasteiger partial charge in [0.25, 0.3) is 0 Å². The van der Waals surface area contributed by atoms with Gasteiger partial charge in [-0.05, 0) is 25.0 Å². The van der Waals surface area contributed by atoms with Crippen molar-refractivity contribution >= 4 is 0 Å². The molecule has 0 radical (unpaired) electrons. The minimum absolute atomic E-state index is 0.420. The first kappa shape index (κ1) is 6.73. The Labute approximate surface area is 66.2 Å².